The number of pyridine rings is 4. The quantitative estimate of drug-likeness (QED) is 0.0431. The number of halogens is 9. The van der Waals surface area contributed by atoms with Gasteiger partial charge in [0.2, 0.25) is 5.91 Å². The average molecular weight is 1400 g/mol. The molecule has 7 aromatic rings. The number of amides is 1. The lowest BCUT2D eigenvalue weighted by Crippen LogP contribution is -2.24. The molecule has 0 unspecified atom stereocenters. The fourth-order valence-corrected chi connectivity index (χ4v) is 8.88. The molecule has 89 heavy (non-hydrogen) atoms. The van der Waals surface area contributed by atoms with E-state index >= 15 is 0 Å². The number of anilines is 2. The summed E-state index contributed by atoms with van der Waals surface area (Å²) in [4.78, 5) is 95.4. The van der Waals surface area contributed by atoms with E-state index in [0.29, 0.717) is 34.6 Å². The van der Waals surface area contributed by atoms with Crippen LogP contribution < -0.4 is 16.6 Å². The predicted molar refractivity (Wildman–Crippen MR) is 346 cm³/mol. The van der Waals surface area contributed by atoms with Gasteiger partial charge in [-0.05, 0) is 65.3 Å². The highest BCUT2D eigenvalue weighted by Crippen LogP contribution is 2.38. The Morgan fingerprint density at radius 2 is 0.966 bits per heavy atom. The molecule has 7 aromatic heterocycles. The normalized spacial score (nSPS) is 10.5. The van der Waals surface area contributed by atoms with E-state index in [9.17, 15) is 29.1 Å². The molecule has 0 spiro atoms. The number of nitrogens with two attached hydrogens (primary N) is 1. The minimum absolute atomic E-state index is 0.00772. The summed E-state index contributed by atoms with van der Waals surface area (Å²) in [5.41, 5.74) is 11.4. The van der Waals surface area contributed by atoms with Crippen LogP contribution >= 0.6 is 104 Å². The first kappa shape index (κ1) is 77.8. The molecule has 0 aliphatic rings. The summed E-state index contributed by atoms with van der Waals surface area (Å²) in [5, 5.41) is 45.1. The first-order valence-electron chi connectivity index (χ1n) is 26.0. The molecule has 0 aromatic carbocycles. The predicted octanol–water partition coefficient (Wildman–Crippen LogP) is 16.0. The molecule has 0 fully saturated rings. The molecule has 0 saturated carbocycles. The standard InChI is InChI=1S/C19H17Cl2N5O2.C13H18N4O.C10H17N3.C6HCl4NO.C6H2Cl3NO2.C3H3NO2/c1-8(2)12-15(13(9(3)4)24-7-23-12)26-18-10(6-11(20)17(21)25-18)16(27)14(22-5)19(26)28;1-8(2)11-13(17-10(18)5-6-14)12(9(3)4)16-7-15-11;1-6(2)9-8(11)10(7(3)4)13-5-12-9;7-3-1-2(6(10)12)4(8)11-5(3)9;7-3-1-2(6(11)12)4(8)10-5(3)9;4-2-1-3(5)6/h6-9,27H,1-4H3;7-9H,5H2,1-4H3,(H,17,18);5-7H,11H2,1-4H3;1H;1H,(H,11,12);1H2,(H,5,6). The number of nitrogens with one attached hydrogen (secondary N) is 1. The SMILES string of the molecule is CC(C)c1ncnc(C(C)C)c1N.CC(C)c1ncnc(C(C)C)c1NC(=O)CC#N.N#CCC(=O)O.O=C(Cl)c1cc(Cl)c(Cl)nc1Cl.O=C(O)c1cc(Cl)c(Cl)nc1Cl.[C-]#[N+]c1c(O)c2cc(Cl)c(Cl)nc2n(-c2c(C(C)C)ncnc2C(C)C)c1=O. The molecule has 0 bridgehead atoms. The van der Waals surface area contributed by atoms with Crippen molar-refractivity contribution in [3.8, 4) is 23.6 Å². The number of hydrogen-bond acceptors (Lipinski definition) is 18. The minimum atomic E-state index is -1.19. The maximum Gasteiger partial charge on any atom is 0.338 e. The van der Waals surface area contributed by atoms with Crippen molar-refractivity contribution in [3.05, 3.63) is 145 Å². The zero-order chi connectivity index (χ0) is 68.1. The fraction of sp³-hybridized carbons (Fsp3) is 0.351. The number of carboxylic acids is 2. The van der Waals surface area contributed by atoms with Crippen molar-refractivity contribution >= 4 is 156 Å². The number of nitrogens with zero attached hydrogens (tertiary/aromatic N) is 13. The Hall–Kier alpha value is -7.34. The highest BCUT2D eigenvalue weighted by Gasteiger charge is 2.27. The number of fused-ring (bicyclic) bond motifs is 1. The van der Waals surface area contributed by atoms with Crippen LogP contribution in [0.4, 0.5) is 17.1 Å². The zero-order valence-electron chi connectivity index (χ0n) is 49.5. The van der Waals surface area contributed by atoms with Gasteiger partial charge in [-0.15, -0.1) is 0 Å². The number of aromatic hydroxyl groups is 1. The van der Waals surface area contributed by atoms with Crippen molar-refractivity contribution < 1.29 is 34.5 Å². The van der Waals surface area contributed by atoms with E-state index in [0.717, 1.165) is 34.5 Å². The van der Waals surface area contributed by atoms with Crippen molar-refractivity contribution in [2.24, 2.45) is 0 Å². The van der Waals surface area contributed by atoms with Crippen LogP contribution in [0.5, 0.6) is 5.75 Å². The zero-order valence-corrected chi connectivity index (χ0v) is 56.3. The third kappa shape index (κ3) is 22.0. The second-order valence-corrected chi connectivity index (χ2v) is 23.3. The number of nitriles is 2. The summed E-state index contributed by atoms with van der Waals surface area (Å²) in [6, 6.07) is 7.12. The Balaban J connectivity index is 0.000000386. The van der Waals surface area contributed by atoms with E-state index in [1.807, 2.05) is 61.5 Å². The number of aromatic carboxylic acids is 1. The molecule has 0 aliphatic carbocycles. The van der Waals surface area contributed by atoms with E-state index in [4.69, 9.17) is 137 Å². The van der Waals surface area contributed by atoms with Crippen LogP contribution in [-0.2, 0) is 9.59 Å². The summed E-state index contributed by atoms with van der Waals surface area (Å²) in [7, 11) is 0. The maximum atomic E-state index is 13.2. The van der Waals surface area contributed by atoms with Crippen molar-refractivity contribution in [1.29, 1.82) is 10.5 Å². The van der Waals surface area contributed by atoms with Gasteiger partial charge in [0.25, 0.3) is 16.5 Å². The van der Waals surface area contributed by atoms with Gasteiger partial charge in [0, 0.05) is 0 Å². The molecule has 7 rings (SSSR count). The molecule has 472 valence electrons. The lowest BCUT2D eigenvalue weighted by molar-refractivity contribution is -0.135. The van der Waals surface area contributed by atoms with Gasteiger partial charge in [-0.3, -0.25) is 23.7 Å². The van der Waals surface area contributed by atoms with Crippen LogP contribution in [0.3, 0.4) is 0 Å². The second kappa shape index (κ2) is 36.4. The summed E-state index contributed by atoms with van der Waals surface area (Å²) in [6.45, 7) is 31.5. The number of aliphatic carboxylic acids is 1. The van der Waals surface area contributed by atoms with E-state index < -0.39 is 40.6 Å². The number of carbonyl (C=O) groups is 4. The van der Waals surface area contributed by atoms with Crippen molar-refractivity contribution in [1.82, 2.24) is 49.4 Å². The van der Waals surface area contributed by atoms with E-state index in [2.05, 4.69) is 82.7 Å². The van der Waals surface area contributed by atoms with Crippen LogP contribution in [0.25, 0.3) is 21.6 Å². The highest BCUT2D eigenvalue weighted by molar-refractivity contribution is 6.68. The number of hydrogen-bond donors (Lipinski definition) is 5. The van der Waals surface area contributed by atoms with Crippen LogP contribution in [-0.4, -0.2) is 87.8 Å². The molecule has 7 heterocycles. The number of rotatable bonds is 12. The Morgan fingerprint density at radius 1 is 0.596 bits per heavy atom. The lowest BCUT2D eigenvalue weighted by atomic mass is 10.0. The molecule has 0 atom stereocenters. The van der Waals surface area contributed by atoms with Crippen LogP contribution in [0.1, 0.15) is 186 Å². The largest absolute Gasteiger partial charge is 0.518 e. The second-order valence-electron chi connectivity index (χ2n) is 20.0. The molecule has 32 heteroatoms. The number of nitrogen functional groups attached to an aromatic ring is 1. The Labute approximate surface area is 557 Å². The first-order chi connectivity index (χ1) is 41.5. The smallest absolute Gasteiger partial charge is 0.338 e. The minimum Gasteiger partial charge on any atom is -0.518 e. The molecule has 0 saturated heterocycles. The van der Waals surface area contributed by atoms with Crippen molar-refractivity contribution in [2.75, 3.05) is 11.1 Å². The van der Waals surface area contributed by atoms with E-state index in [1.54, 1.807) is 6.33 Å². The average Bonchev–Trinajstić information content (AvgIpc) is 0.756. The van der Waals surface area contributed by atoms with Crippen molar-refractivity contribution in [2.45, 2.75) is 131 Å². The fourth-order valence-electron chi connectivity index (χ4n) is 7.29. The third-order valence-electron chi connectivity index (χ3n) is 11.3. The van der Waals surface area contributed by atoms with Gasteiger partial charge in [-0.1, -0.05) is 176 Å². The van der Waals surface area contributed by atoms with Crippen LogP contribution in [0.15, 0.2) is 42.0 Å². The summed E-state index contributed by atoms with van der Waals surface area (Å²) in [5.74, 6) is -2.05. The van der Waals surface area contributed by atoms with Gasteiger partial charge in [0.1, 0.15) is 63.3 Å². The summed E-state index contributed by atoms with van der Waals surface area (Å²) < 4.78 is 1.26. The summed E-state index contributed by atoms with van der Waals surface area (Å²) in [6.07, 6.45) is 4.00. The van der Waals surface area contributed by atoms with Gasteiger partial charge in [-0.25, -0.2) is 54.5 Å². The molecule has 1 amide bonds. The first-order valence-corrected chi connectivity index (χ1v) is 29.4. The number of aromatic nitrogens is 10. The molecule has 23 nitrogen and oxygen atoms in total. The Morgan fingerprint density at radius 3 is 1.33 bits per heavy atom. The van der Waals surface area contributed by atoms with E-state index in [1.165, 1.54) is 35.4 Å². The Bertz CT molecular complexity index is 3780. The van der Waals surface area contributed by atoms with Crippen LogP contribution in [0.2, 0.25) is 40.8 Å². The van der Waals surface area contributed by atoms with Gasteiger partial charge in [-0.2, -0.15) is 10.5 Å². The molecule has 0 aliphatic heterocycles. The molecular weight excluding hydrogens is 1340 g/mol. The van der Waals surface area contributed by atoms with Crippen LogP contribution in [0, 0.1) is 29.2 Å². The third-order valence-corrected chi connectivity index (χ3v) is 14.1. The van der Waals surface area contributed by atoms with Gasteiger partial charge < -0.3 is 26.4 Å². The number of carbonyl (C=O) groups excluding carboxylic acids is 2. The lowest BCUT2D eigenvalue weighted by Gasteiger charge is -2.21. The van der Waals surface area contributed by atoms with Gasteiger partial charge in [0.05, 0.1) is 102 Å². The monoisotopic (exact) mass is 1400 g/mol. The Kier molecular flexibility index (Phi) is 31.8. The topological polar surface area (TPSA) is 357 Å². The van der Waals surface area contributed by atoms with E-state index in [-0.39, 0.29) is 99.0 Å². The van der Waals surface area contributed by atoms with Gasteiger partial charge in [0.15, 0.2) is 5.65 Å². The molecular formula is C57H58Cl9N15O8. The van der Waals surface area contributed by atoms with Gasteiger partial charge >= 0.3 is 11.9 Å². The highest BCUT2D eigenvalue weighted by atomic mass is 35.5. The maximum absolute atomic E-state index is 13.2. The molecule has 6 N–H and O–H groups in total. The summed E-state index contributed by atoms with van der Waals surface area (Å²) >= 11 is 50.4. The molecule has 0 radical (unpaired) electrons. The van der Waals surface area contributed by atoms with Crippen molar-refractivity contribution in [3.63, 3.8) is 0 Å². The number of carboxylic acid groups (broad SMARTS) is 2.